The van der Waals surface area contributed by atoms with Crippen LogP contribution in [0.4, 0.5) is 0 Å². The van der Waals surface area contributed by atoms with Crippen LogP contribution in [0.15, 0.2) is 23.0 Å². The summed E-state index contributed by atoms with van der Waals surface area (Å²) >= 11 is 0. The lowest BCUT2D eigenvalue weighted by Crippen LogP contribution is -2.32. The number of ether oxygens (including phenoxy) is 3. The molecule has 1 N–H and O–H groups in total. The number of fused-ring (bicyclic) bond motifs is 6. The number of esters is 1. The van der Waals surface area contributed by atoms with Crippen LogP contribution >= 0.6 is 0 Å². The van der Waals surface area contributed by atoms with Crippen molar-refractivity contribution in [2.45, 2.75) is 52.9 Å². The number of benzene rings is 1. The number of pyridine rings is 2. The molecule has 1 atom stereocenters. The Hall–Kier alpha value is -3.39. The molecular weight excluding hydrogens is 412 g/mol. The van der Waals surface area contributed by atoms with E-state index >= 15 is 0 Å². The van der Waals surface area contributed by atoms with Crippen molar-refractivity contribution < 1.29 is 24.1 Å². The van der Waals surface area contributed by atoms with E-state index in [1.807, 2.05) is 26.0 Å². The lowest BCUT2D eigenvalue weighted by Gasteiger charge is -2.21. The Kier molecular flexibility index (Phi) is 4.70. The highest BCUT2D eigenvalue weighted by Gasteiger charge is 2.35. The van der Waals surface area contributed by atoms with Crippen LogP contribution in [0.5, 0.6) is 11.5 Å². The van der Waals surface area contributed by atoms with Gasteiger partial charge < -0.3 is 23.9 Å². The third-order valence-corrected chi connectivity index (χ3v) is 6.07. The van der Waals surface area contributed by atoms with Gasteiger partial charge >= 0.3 is 5.97 Å². The van der Waals surface area contributed by atoms with Crippen molar-refractivity contribution in [1.29, 1.82) is 0 Å². The van der Waals surface area contributed by atoms with Crippen LogP contribution in [0.3, 0.4) is 0 Å². The number of rotatable bonds is 1. The summed E-state index contributed by atoms with van der Waals surface area (Å²) < 4.78 is 17.7. The fourth-order valence-corrected chi connectivity index (χ4v) is 4.71. The number of aliphatic hydroxyl groups excluding tert-OH is 1. The van der Waals surface area contributed by atoms with Crippen molar-refractivity contribution in [3.8, 4) is 22.9 Å². The highest BCUT2D eigenvalue weighted by atomic mass is 16.7. The maximum absolute atomic E-state index is 13.2. The Bertz CT molecular complexity index is 1340. The van der Waals surface area contributed by atoms with Crippen molar-refractivity contribution in [3.63, 3.8) is 0 Å². The number of aliphatic hydroxyl groups is 1. The predicted octanol–water partition coefficient (Wildman–Crippen LogP) is 3.39. The number of hydrogen-bond acceptors (Lipinski definition) is 7. The maximum Gasteiger partial charge on any atom is 0.340 e. The number of cyclic esters (lactones) is 1. The Balaban J connectivity index is 0.00000105. The molecule has 8 heteroatoms. The summed E-state index contributed by atoms with van der Waals surface area (Å²) in [6, 6.07) is 5.51. The third kappa shape index (κ3) is 2.75. The Morgan fingerprint density at radius 1 is 1.06 bits per heavy atom. The molecule has 166 valence electrons. The lowest BCUT2D eigenvalue weighted by molar-refractivity contribution is -0.157. The topological polar surface area (TPSA) is 99.9 Å². The molecule has 3 aliphatic heterocycles. The minimum Gasteiger partial charge on any atom is -0.458 e. The van der Waals surface area contributed by atoms with Gasteiger partial charge in [0.15, 0.2) is 17.6 Å². The first-order chi connectivity index (χ1) is 15.4. The molecule has 0 spiro atoms. The summed E-state index contributed by atoms with van der Waals surface area (Å²) in [5.41, 5.74) is 4.46. The van der Waals surface area contributed by atoms with Crippen molar-refractivity contribution >= 4 is 16.9 Å². The first-order valence-electron chi connectivity index (χ1n) is 10.8. The number of hydrogen-bond donors (Lipinski definition) is 1. The van der Waals surface area contributed by atoms with Crippen LogP contribution in [-0.4, -0.2) is 27.4 Å². The molecule has 3 aliphatic rings. The summed E-state index contributed by atoms with van der Waals surface area (Å²) in [4.78, 5) is 29.8. The summed E-state index contributed by atoms with van der Waals surface area (Å²) in [6.45, 7) is 8.64. The van der Waals surface area contributed by atoms with Crippen LogP contribution < -0.4 is 15.0 Å². The average Bonchev–Trinajstić information content (AvgIpc) is 3.39. The quantitative estimate of drug-likeness (QED) is 0.457. The molecule has 0 saturated heterocycles. The smallest absolute Gasteiger partial charge is 0.340 e. The second-order valence-electron chi connectivity index (χ2n) is 8.09. The van der Waals surface area contributed by atoms with Gasteiger partial charge in [-0.15, -0.1) is 0 Å². The van der Waals surface area contributed by atoms with Crippen LogP contribution in [-0.2, 0) is 22.7 Å². The Morgan fingerprint density at radius 2 is 1.78 bits per heavy atom. The van der Waals surface area contributed by atoms with Crippen LogP contribution in [0.2, 0.25) is 0 Å². The zero-order valence-corrected chi connectivity index (χ0v) is 18.4. The van der Waals surface area contributed by atoms with Gasteiger partial charge in [0.2, 0.25) is 6.79 Å². The summed E-state index contributed by atoms with van der Waals surface area (Å²) in [7, 11) is 0. The van der Waals surface area contributed by atoms with Crippen LogP contribution in [0.25, 0.3) is 22.3 Å². The van der Waals surface area contributed by atoms with E-state index in [1.54, 1.807) is 10.6 Å². The second-order valence-corrected chi connectivity index (χ2v) is 8.09. The number of nitrogens with zero attached hydrogens (tertiary/aromatic N) is 2. The number of aromatic nitrogens is 2. The molecule has 32 heavy (non-hydrogen) atoms. The van der Waals surface area contributed by atoms with Gasteiger partial charge in [-0.25, -0.2) is 9.78 Å². The van der Waals surface area contributed by atoms with Crippen molar-refractivity contribution in [1.82, 2.24) is 9.55 Å². The molecular formula is C24H24N2O6. The largest absolute Gasteiger partial charge is 0.458 e. The molecule has 1 aromatic carbocycles. The molecule has 5 heterocycles. The summed E-state index contributed by atoms with van der Waals surface area (Å²) in [5, 5.41) is 11.3. The van der Waals surface area contributed by atoms with Gasteiger partial charge in [-0.3, -0.25) is 4.79 Å². The molecule has 8 nitrogen and oxygen atoms in total. The van der Waals surface area contributed by atoms with E-state index in [1.165, 1.54) is 0 Å². The molecule has 6 rings (SSSR count). The minimum absolute atomic E-state index is 0.130. The molecule has 0 fully saturated rings. The standard InChI is InChI=1S/C22H18N2O6.C2H6/c1-9(2)18-11-4-16-17(30-8-29-16)5-14(11)23-19-12(18)6-24-15(19)3-10-13(21(24)26)7-28-22(27)20(10)25;1-2/h3-5,9,20,25H,6-8H2,1-2H3;1-2H3. The Morgan fingerprint density at radius 3 is 2.50 bits per heavy atom. The van der Waals surface area contributed by atoms with E-state index in [0.29, 0.717) is 40.6 Å². The first-order valence-corrected chi connectivity index (χ1v) is 10.8. The van der Waals surface area contributed by atoms with E-state index in [-0.39, 0.29) is 24.9 Å². The minimum atomic E-state index is -1.46. The van der Waals surface area contributed by atoms with Gasteiger partial charge in [0.25, 0.3) is 5.56 Å². The molecule has 3 aromatic rings. The van der Waals surface area contributed by atoms with E-state index < -0.39 is 12.1 Å². The van der Waals surface area contributed by atoms with Crippen molar-refractivity contribution in [2.75, 3.05) is 6.79 Å². The SMILES string of the molecule is CC.CC(C)c1c2c(nc3cc4c(cc13)OCO4)-c1cc3c(c(=O)n1C2)COC(=O)C3O. The van der Waals surface area contributed by atoms with Gasteiger partial charge in [0.1, 0.15) is 6.61 Å². The van der Waals surface area contributed by atoms with Crippen LogP contribution in [0.1, 0.15) is 62.0 Å². The monoisotopic (exact) mass is 436 g/mol. The van der Waals surface area contributed by atoms with E-state index in [4.69, 9.17) is 19.2 Å². The van der Waals surface area contributed by atoms with Gasteiger partial charge in [-0.05, 0) is 23.6 Å². The van der Waals surface area contributed by atoms with Crippen molar-refractivity contribution in [3.05, 3.63) is 50.8 Å². The summed E-state index contributed by atoms with van der Waals surface area (Å²) in [6.07, 6.45) is -1.46. The fraction of sp³-hybridized carbons (Fsp3) is 0.375. The third-order valence-electron chi connectivity index (χ3n) is 6.07. The summed E-state index contributed by atoms with van der Waals surface area (Å²) in [5.74, 6) is 0.767. The molecule has 2 aromatic heterocycles. The van der Waals surface area contributed by atoms with E-state index in [0.717, 1.165) is 22.0 Å². The molecule has 0 bridgehead atoms. The highest BCUT2D eigenvalue weighted by molar-refractivity contribution is 5.91. The lowest BCUT2D eigenvalue weighted by atomic mass is 9.92. The van der Waals surface area contributed by atoms with Gasteiger partial charge in [0, 0.05) is 22.6 Å². The van der Waals surface area contributed by atoms with Gasteiger partial charge in [-0.2, -0.15) is 0 Å². The fourth-order valence-electron chi connectivity index (χ4n) is 4.71. The number of carbonyl (C=O) groups is 1. The zero-order chi connectivity index (χ0) is 22.7. The molecule has 0 saturated carbocycles. The maximum atomic E-state index is 13.2. The van der Waals surface area contributed by atoms with Crippen LogP contribution in [0, 0.1) is 0 Å². The molecule has 0 radical (unpaired) electrons. The Labute approximate surface area is 184 Å². The average molecular weight is 436 g/mol. The molecule has 0 aliphatic carbocycles. The highest BCUT2D eigenvalue weighted by Crippen LogP contribution is 2.43. The normalized spacial score (nSPS) is 17.4. The number of carbonyl (C=O) groups excluding carboxylic acids is 1. The molecule has 0 amide bonds. The van der Waals surface area contributed by atoms with Gasteiger partial charge in [0.05, 0.1) is 29.0 Å². The molecule has 1 unspecified atom stereocenters. The predicted molar refractivity (Wildman–Crippen MR) is 117 cm³/mol. The first kappa shape index (κ1) is 20.5. The second kappa shape index (κ2) is 7.34. The van der Waals surface area contributed by atoms with Crippen molar-refractivity contribution in [2.24, 2.45) is 0 Å². The van der Waals surface area contributed by atoms with E-state index in [9.17, 15) is 14.7 Å². The van der Waals surface area contributed by atoms with Gasteiger partial charge in [-0.1, -0.05) is 27.7 Å². The zero-order valence-electron chi connectivity index (χ0n) is 18.4. The van der Waals surface area contributed by atoms with E-state index in [2.05, 4.69) is 13.8 Å².